The zero-order valence-electron chi connectivity index (χ0n) is 11.4. The Balaban J connectivity index is 2.58. The highest BCUT2D eigenvalue weighted by Crippen LogP contribution is 2.15. The average molecular weight is 268 g/mol. The molecule has 0 fully saturated rings. The van der Waals surface area contributed by atoms with E-state index in [1.165, 1.54) is 5.56 Å². The van der Waals surface area contributed by atoms with Crippen LogP contribution in [0.4, 0.5) is 0 Å². The van der Waals surface area contributed by atoms with E-state index in [0.717, 1.165) is 12.0 Å². The van der Waals surface area contributed by atoms with Crippen molar-refractivity contribution in [3.63, 3.8) is 0 Å². The molecule has 1 atom stereocenters. The highest BCUT2D eigenvalue weighted by molar-refractivity contribution is 6.18. The van der Waals surface area contributed by atoms with Gasteiger partial charge in [0.05, 0.1) is 6.04 Å². The lowest BCUT2D eigenvalue weighted by molar-refractivity contribution is -0.121. The fraction of sp³-hybridized carbons (Fsp3) is 0.533. The van der Waals surface area contributed by atoms with Crippen LogP contribution in [0.2, 0.25) is 0 Å². The summed E-state index contributed by atoms with van der Waals surface area (Å²) >= 11 is 5.53. The van der Waals surface area contributed by atoms with E-state index < -0.39 is 0 Å². The van der Waals surface area contributed by atoms with E-state index in [1.54, 1.807) is 0 Å². The van der Waals surface area contributed by atoms with Crippen molar-refractivity contribution in [3.05, 3.63) is 35.4 Å². The summed E-state index contributed by atoms with van der Waals surface area (Å²) in [7, 11) is 0. The Bertz CT molecular complexity index is 373. The smallest absolute Gasteiger partial charge is 0.221 e. The summed E-state index contributed by atoms with van der Waals surface area (Å²) in [5.74, 6) is 1.03. The molecule has 100 valence electrons. The summed E-state index contributed by atoms with van der Waals surface area (Å²) in [5.41, 5.74) is 2.47. The summed E-state index contributed by atoms with van der Waals surface area (Å²) in [6.45, 7) is 6.41. The molecule has 0 aromatic heterocycles. The van der Waals surface area contributed by atoms with Gasteiger partial charge in [0, 0.05) is 12.3 Å². The Morgan fingerprint density at radius 3 is 2.33 bits per heavy atom. The normalized spacial score (nSPS) is 12.5. The van der Waals surface area contributed by atoms with Gasteiger partial charge >= 0.3 is 0 Å². The largest absolute Gasteiger partial charge is 0.350 e. The van der Waals surface area contributed by atoms with Crippen LogP contribution in [-0.2, 0) is 11.2 Å². The van der Waals surface area contributed by atoms with Crippen LogP contribution < -0.4 is 5.32 Å². The maximum Gasteiger partial charge on any atom is 0.221 e. The molecule has 1 amide bonds. The fourth-order valence-corrected chi connectivity index (χ4v) is 2.07. The van der Waals surface area contributed by atoms with Gasteiger partial charge in [-0.25, -0.2) is 0 Å². The first-order valence-corrected chi connectivity index (χ1v) is 7.00. The molecule has 1 N–H and O–H groups in total. The Kier molecular flexibility index (Phi) is 6.20. The van der Waals surface area contributed by atoms with Crippen LogP contribution in [0.1, 0.15) is 44.4 Å². The van der Waals surface area contributed by atoms with Crippen molar-refractivity contribution in [2.45, 2.75) is 39.7 Å². The minimum atomic E-state index is 0.00348. The van der Waals surface area contributed by atoms with Gasteiger partial charge in [0.25, 0.3) is 0 Å². The minimum Gasteiger partial charge on any atom is -0.350 e. The van der Waals surface area contributed by atoms with Crippen molar-refractivity contribution in [1.82, 2.24) is 5.32 Å². The average Bonchev–Trinajstić information content (AvgIpc) is 2.29. The van der Waals surface area contributed by atoms with E-state index >= 15 is 0 Å². The first kappa shape index (κ1) is 15.0. The molecule has 1 unspecified atom stereocenters. The van der Waals surface area contributed by atoms with Gasteiger partial charge in [-0.3, -0.25) is 4.79 Å². The molecule has 3 heteroatoms. The lowest BCUT2D eigenvalue weighted by Gasteiger charge is -2.15. The summed E-state index contributed by atoms with van der Waals surface area (Å²) in [5, 5.41) is 2.93. The molecular formula is C15H22ClNO. The van der Waals surface area contributed by atoms with Gasteiger partial charge in [0.1, 0.15) is 0 Å². The highest BCUT2D eigenvalue weighted by atomic mass is 35.5. The van der Waals surface area contributed by atoms with Crippen molar-refractivity contribution in [3.8, 4) is 0 Å². The topological polar surface area (TPSA) is 29.1 Å². The van der Waals surface area contributed by atoms with E-state index in [9.17, 15) is 4.79 Å². The molecule has 0 aliphatic carbocycles. The van der Waals surface area contributed by atoms with Crippen LogP contribution in [-0.4, -0.2) is 11.8 Å². The van der Waals surface area contributed by atoms with E-state index in [0.29, 0.717) is 18.2 Å². The quantitative estimate of drug-likeness (QED) is 0.783. The Hall–Kier alpha value is -1.02. The highest BCUT2D eigenvalue weighted by Gasteiger charge is 2.09. The molecule has 0 aliphatic heterocycles. The summed E-state index contributed by atoms with van der Waals surface area (Å²) in [4.78, 5) is 11.4. The standard InChI is InChI=1S/C15H22ClNO/c1-11(2)10-13-4-6-14(7-5-13)12(3)17-15(18)8-9-16/h4-7,11-12H,8-10H2,1-3H3,(H,17,18). The van der Waals surface area contributed by atoms with Crippen LogP contribution in [0.5, 0.6) is 0 Å². The van der Waals surface area contributed by atoms with Crippen molar-refractivity contribution >= 4 is 17.5 Å². The molecule has 0 spiro atoms. The first-order valence-electron chi connectivity index (χ1n) is 6.47. The van der Waals surface area contributed by atoms with Crippen molar-refractivity contribution in [2.75, 3.05) is 5.88 Å². The number of carbonyl (C=O) groups is 1. The number of amides is 1. The number of hydrogen-bond donors (Lipinski definition) is 1. The second kappa shape index (κ2) is 7.42. The summed E-state index contributed by atoms with van der Waals surface area (Å²) < 4.78 is 0. The van der Waals surface area contributed by atoms with Gasteiger partial charge in [-0.05, 0) is 30.4 Å². The van der Waals surface area contributed by atoms with E-state index in [2.05, 4.69) is 43.4 Å². The Morgan fingerprint density at radius 2 is 1.83 bits per heavy atom. The first-order chi connectivity index (χ1) is 8.52. The molecular weight excluding hydrogens is 246 g/mol. The van der Waals surface area contributed by atoms with E-state index in [-0.39, 0.29) is 11.9 Å². The van der Waals surface area contributed by atoms with E-state index in [1.807, 2.05) is 6.92 Å². The molecule has 0 radical (unpaired) electrons. The molecule has 2 nitrogen and oxygen atoms in total. The number of hydrogen-bond acceptors (Lipinski definition) is 1. The minimum absolute atomic E-state index is 0.00348. The number of rotatable bonds is 6. The fourth-order valence-electron chi connectivity index (χ4n) is 1.90. The zero-order valence-corrected chi connectivity index (χ0v) is 12.1. The third kappa shape index (κ3) is 5.09. The van der Waals surface area contributed by atoms with Crippen LogP contribution in [0.25, 0.3) is 0 Å². The van der Waals surface area contributed by atoms with Crippen molar-refractivity contribution < 1.29 is 4.79 Å². The predicted molar refractivity (Wildman–Crippen MR) is 76.9 cm³/mol. The zero-order chi connectivity index (χ0) is 13.5. The maximum absolute atomic E-state index is 11.4. The molecule has 0 saturated heterocycles. The number of carbonyl (C=O) groups excluding carboxylic acids is 1. The second-order valence-electron chi connectivity index (χ2n) is 5.07. The molecule has 18 heavy (non-hydrogen) atoms. The molecule has 1 aromatic rings. The molecule has 0 aliphatic rings. The van der Waals surface area contributed by atoms with Crippen LogP contribution in [0, 0.1) is 5.92 Å². The number of alkyl halides is 1. The number of nitrogens with one attached hydrogen (secondary N) is 1. The molecule has 0 saturated carbocycles. The van der Waals surface area contributed by atoms with Crippen LogP contribution in [0.3, 0.4) is 0 Å². The summed E-state index contributed by atoms with van der Waals surface area (Å²) in [6, 6.07) is 8.49. The Labute approximate surface area is 115 Å². The van der Waals surface area contributed by atoms with Gasteiger partial charge in [-0.15, -0.1) is 11.6 Å². The lowest BCUT2D eigenvalue weighted by atomic mass is 10.00. The predicted octanol–water partition coefficient (Wildman–Crippen LogP) is 3.69. The Morgan fingerprint density at radius 1 is 1.22 bits per heavy atom. The third-order valence-electron chi connectivity index (χ3n) is 2.82. The van der Waals surface area contributed by atoms with Crippen molar-refractivity contribution in [2.24, 2.45) is 5.92 Å². The second-order valence-corrected chi connectivity index (χ2v) is 5.45. The van der Waals surface area contributed by atoms with Gasteiger partial charge in [0.15, 0.2) is 0 Å². The molecule has 1 aromatic carbocycles. The summed E-state index contributed by atoms with van der Waals surface area (Å²) in [6.07, 6.45) is 1.46. The van der Waals surface area contributed by atoms with Crippen molar-refractivity contribution in [1.29, 1.82) is 0 Å². The monoisotopic (exact) mass is 267 g/mol. The molecule has 0 bridgehead atoms. The number of benzene rings is 1. The SMILES string of the molecule is CC(C)Cc1ccc(C(C)NC(=O)CCCl)cc1. The van der Waals surface area contributed by atoms with Gasteiger partial charge in [-0.1, -0.05) is 38.1 Å². The van der Waals surface area contributed by atoms with Gasteiger partial charge < -0.3 is 5.32 Å². The van der Waals surface area contributed by atoms with Gasteiger partial charge in [0.2, 0.25) is 5.91 Å². The number of halogens is 1. The maximum atomic E-state index is 11.4. The van der Waals surface area contributed by atoms with Gasteiger partial charge in [-0.2, -0.15) is 0 Å². The molecule has 0 heterocycles. The molecule has 1 rings (SSSR count). The van der Waals surface area contributed by atoms with E-state index in [4.69, 9.17) is 11.6 Å². The van der Waals surface area contributed by atoms with Crippen LogP contribution in [0.15, 0.2) is 24.3 Å². The third-order valence-corrected chi connectivity index (χ3v) is 3.01. The lowest BCUT2D eigenvalue weighted by Crippen LogP contribution is -2.26. The van der Waals surface area contributed by atoms with Crippen LogP contribution >= 0.6 is 11.6 Å².